The molecule has 3 rings (SSSR count). The van der Waals surface area contributed by atoms with Gasteiger partial charge in [-0.1, -0.05) is 6.42 Å². The molecule has 140 valence electrons. The SMILES string of the molecule is CCn1ccc(CNC(=S)Nc2sc3c(c2C(=O)OC)CCCCC3)n1. The van der Waals surface area contributed by atoms with Crippen molar-refractivity contribution in [2.45, 2.75) is 52.1 Å². The molecular formula is C18H24N4O2S2. The molecule has 2 N–H and O–H groups in total. The van der Waals surface area contributed by atoms with Gasteiger partial charge in [0.2, 0.25) is 0 Å². The van der Waals surface area contributed by atoms with Gasteiger partial charge < -0.3 is 15.4 Å². The van der Waals surface area contributed by atoms with E-state index in [4.69, 9.17) is 17.0 Å². The lowest BCUT2D eigenvalue weighted by Crippen LogP contribution is -2.28. The van der Waals surface area contributed by atoms with Crippen molar-refractivity contribution in [3.63, 3.8) is 0 Å². The van der Waals surface area contributed by atoms with E-state index in [0.29, 0.717) is 17.2 Å². The number of aryl methyl sites for hydroxylation is 2. The first-order valence-electron chi connectivity index (χ1n) is 8.92. The first-order chi connectivity index (χ1) is 12.6. The highest BCUT2D eigenvalue weighted by atomic mass is 32.1. The van der Waals surface area contributed by atoms with Gasteiger partial charge in [-0.05, 0) is 56.5 Å². The number of thiophene rings is 1. The number of aromatic nitrogens is 2. The number of fused-ring (bicyclic) bond motifs is 1. The molecule has 26 heavy (non-hydrogen) atoms. The number of nitrogens with one attached hydrogen (secondary N) is 2. The van der Waals surface area contributed by atoms with Crippen molar-refractivity contribution in [2.24, 2.45) is 0 Å². The van der Waals surface area contributed by atoms with Crippen molar-refractivity contribution in [1.82, 2.24) is 15.1 Å². The highest BCUT2D eigenvalue weighted by molar-refractivity contribution is 7.80. The Balaban J connectivity index is 1.71. The molecule has 1 aliphatic rings. The largest absolute Gasteiger partial charge is 0.465 e. The normalized spacial score (nSPS) is 13.6. The van der Waals surface area contributed by atoms with Gasteiger partial charge in [0.25, 0.3) is 0 Å². The van der Waals surface area contributed by atoms with Crippen LogP contribution in [0.4, 0.5) is 5.00 Å². The summed E-state index contributed by atoms with van der Waals surface area (Å²) in [5, 5.41) is 12.0. The van der Waals surface area contributed by atoms with Crippen LogP contribution in [-0.2, 0) is 30.7 Å². The van der Waals surface area contributed by atoms with Crippen molar-refractivity contribution in [3.8, 4) is 0 Å². The molecule has 0 radical (unpaired) electrons. The summed E-state index contributed by atoms with van der Waals surface area (Å²) in [5.74, 6) is -0.295. The molecule has 2 aromatic rings. The molecule has 0 saturated carbocycles. The maximum absolute atomic E-state index is 12.3. The van der Waals surface area contributed by atoms with E-state index in [9.17, 15) is 4.79 Å². The van der Waals surface area contributed by atoms with E-state index >= 15 is 0 Å². The summed E-state index contributed by atoms with van der Waals surface area (Å²) < 4.78 is 6.89. The lowest BCUT2D eigenvalue weighted by molar-refractivity contribution is 0.0601. The molecule has 2 heterocycles. The number of hydrogen-bond donors (Lipinski definition) is 2. The molecule has 0 fully saturated rings. The quantitative estimate of drug-likeness (QED) is 0.461. The van der Waals surface area contributed by atoms with Crippen LogP contribution in [0.3, 0.4) is 0 Å². The summed E-state index contributed by atoms with van der Waals surface area (Å²) in [4.78, 5) is 13.6. The first-order valence-corrected chi connectivity index (χ1v) is 10.1. The summed E-state index contributed by atoms with van der Waals surface area (Å²) in [5.41, 5.74) is 2.70. The van der Waals surface area contributed by atoms with Crippen LogP contribution < -0.4 is 10.6 Å². The van der Waals surface area contributed by atoms with Gasteiger partial charge in [0, 0.05) is 17.6 Å². The average molecular weight is 393 g/mol. The average Bonchev–Trinajstić information content (AvgIpc) is 3.17. The zero-order valence-corrected chi connectivity index (χ0v) is 16.8. The first kappa shape index (κ1) is 18.8. The molecule has 0 atom stereocenters. The van der Waals surface area contributed by atoms with Crippen LogP contribution in [0.2, 0.25) is 0 Å². The van der Waals surface area contributed by atoms with E-state index in [1.54, 1.807) is 11.3 Å². The van der Waals surface area contributed by atoms with Crippen molar-refractivity contribution in [2.75, 3.05) is 12.4 Å². The van der Waals surface area contributed by atoms with E-state index in [0.717, 1.165) is 48.5 Å². The number of hydrogen-bond acceptors (Lipinski definition) is 5. The molecular weight excluding hydrogens is 368 g/mol. The Kier molecular flexibility index (Phi) is 6.26. The van der Waals surface area contributed by atoms with Crippen molar-refractivity contribution < 1.29 is 9.53 Å². The fraction of sp³-hybridized carbons (Fsp3) is 0.500. The molecule has 8 heteroatoms. The van der Waals surface area contributed by atoms with Crippen molar-refractivity contribution >= 4 is 39.6 Å². The van der Waals surface area contributed by atoms with Crippen LogP contribution in [0.25, 0.3) is 0 Å². The monoisotopic (exact) mass is 392 g/mol. The van der Waals surface area contributed by atoms with Gasteiger partial charge >= 0.3 is 5.97 Å². The van der Waals surface area contributed by atoms with E-state index in [1.807, 2.05) is 23.9 Å². The Morgan fingerprint density at radius 3 is 2.92 bits per heavy atom. The second kappa shape index (κ2) is 8.64. The smallest absolute Gasteiger partial charge is 0.341 e. The lowest BCUT2D eigenvalue weighted by Gasteiger charge is -2.10. The topological polar surface area (TPSA) is 68.2 Å². The molecule has 1 aliphatic carbocycles. The van der Waals surface area contributed by atoms with Gasteiger partial charge in [-0.15, -0.1) is 11.3 Å². The Morgan fingerprint density at radius 1 is 1.38 bits per heavy atom. The lowest BCUT2D eigenvalue weighted by atomic mass is 10.1. The number of nitrogens with zero attached hydrogens (tertiary/aromatic N) is 2. The number of carbonyl (C=O) groups excluding carboxylic acids is 1. The van der Waals surface area contributed by atoms with Crippen LogP contribution >= 0.6 is 23.6 Å². The maximum Gasteiger partial charge on any atom is 0.341 e. The van der Waals surface area contributed by atoms with E-state index in [-0.39, 0.29) is 5.97 Å². The van der Waals surface area contributed by atoms with Crippen LogP contribution in [0.5, 0.6) is 0 Å². The zero-order chi connectivity index (χ0) is 18.5. The second-order valence-electron chi connectivity index (χ2n) is 6.23. The van der Waals surface area contributed by atoms with Crippen molar-refractivity contribution in [3.05, 3.63) is 34.0 Å². The standard InChI is InChI=1S/C18H24N4O2S2/c1-3-22-10-9-12(21-22)11-19-18(25)20-16-15(17(23)24-2)13-7-5-4-6-8-14(13)26-16/h9-10H,3-8,11H2,1-2H3,(H2,19,20,25). The Bertz CT molecular complexity index is 797. The Labute approximate surface area is 162 Å². The van der Waals surface area contributed by atoms with Crippen LogP contribution in [0.1, 0.15) is 52.7 Å². The molecule has 0 saturated heterocycles. The predicted octanol–water partition coefficient (Wildman–Crippen LogP) is 3.51. The zero-order valence-electron chi connectivity index (χ0n) is 15.1. The van der Waals surface area contributed by atoms with Crippen LogP contribution in [-0.4, -0.2) is 28.0 Å². The minimum absolute atomic E-state index is 0.295. The summed E-state index contributed by atoms with van der Waals surface area (Å²) in [6.07, 6.45) is 7.35. The van der Waals surface area contributed by atoms with E-state index < -0.39 is 0 Å². The molecule has 0 amide bonds. The van der Waals surface area contributed by atoms with Gasteiger partial charge in [-0.3, -0.25) is 4.68 Å². The molecule has 0 aliphatic heterocycles. The number of esters is 1. The van der Waals surface area contributed by atoms with Gasteiger partial charge in [-0.2, -0.15) is 5.10 Å². The van der Waals surface area contributed by atoms with Crippen LogP contribution in [0.15, 0.2) is 12.3 Å². The van der Waals surface area contributed by atoms with Gasteiger partial charge in [-0.25, -0.2) is 4.79 Å². The van der Waals surface area contributed by atoms with Gasteiger partial charge in [0.05, 0.1) is 24.9 Å². The number of methoxy groups -OCH3 is 1. The third kappa shape index (κ3) is 4.24. The maximum atomic E-state index is 12.3. The number of anilines is 1. The fourth-order valence-corrected chi connectivity index (χ4v) is 4.66. The fourth-order valence-electron chi connectivity index (χ4n) is 3.14. The summed E-state index contributed by atoms with van der Waals surface area (Å²) >= 11 is 7.04. The van der Waals surface area contributed by atoms with Crippen LogP contribution in [0, 0.1) is 0 Å². The number of thiocarbonyl (C=S) groups is 1. The Morgan fingerprint density at radius 2 is 2.19 bits per heavy atom. The molecule has 0 spiro atoms. The Hall–Kier alpha value is -1.93. The summed E-state index contributed by atoms with van der Waals surface area (Å²) in [6, 6.07) is 1.96. The molecule has 6 nitrogen and oxygen atoms in total. The number of ether oxygens (including phenoxy) is 1. The predicted molar refractivity (Wildman–Crippen MR) is 108 cm³/mol. The minimum atomic E-state index is -0.295. The van der Waals surface area contributed by atoms with Gasteiger partial charge in [0.15, 0.2) is 5.11 Å². The van der Waals surface area contributed by atoms with E-state index in [1.165, 1.54) is 18.4 Å². The third-order valence-electron chi connectivity index (χ3n) is 4.49. The summed E-state index contributed by atoms with van der Waals surface area (Å²) in [7, 11) is 1.42. The van der Waals surface area contributed by atoms with Gasteiger partial charge in [0.1, 0.15) is 5.00 Å². The molecule has 0 unspecified atom stereocenters. The molecule has 0 bridgehead atoms. The highest BCUT2D eigenvalue weighted by Gasteiger charge is 2.25. The number of rotatable bonds is 5. The van der Waals surface area contributed by atoms with E-state index in [2.05, 4.69) is 15.7 Å². The van der Waals surface area contributed by atoms with Crippen molar-refractivity contribution in [1.29, 1.82) is 0 Å². The molecule has 0 aromatic carbocycles. The third-order valence-corrected chi connectivity index (χ3v) is 5.94. The highest BCUT2D eigenvalue weighted by Crippen LogP contribution is 2.37. The number of carbonyl (C=O) groups is 1. The minimum Gasteiger partial charge on any atom is -0.465 e. The second-order valence-corrected chi connectivity index (χ2v) is 7.74. The summed E-state index contributed by atoms with van der Waals surface area (Å²) in [6.45, 7) is 3.43. The molecule has 2 aromatic heterocycles.